The van der Waals surface area contributed by atoms with Crippen LogP contribution in [-0.4, -0.2) is 41.3 Å². The Morgan fingerprint density at radius 2 is 2.00 bits per heavy atom. The molecule has 3 rings (SSSR count). The smallest absolute Gasteiger partial charge is 0.388 e. The molecule has 0 bridgehead atoms. The van der Waals surface area contributed by atoms with Gasteiger partial charge < -0.3 is 15.0 Å². The van der Waals surface area contributed by atoms with E-state index in [1.54, 1.807) is 0 Å². The second kappa shape index (κ2) is 9.36. The molecule has 1 N–H and O–H groups in total. The van der Waals surface area contributed by atoms with Crippen LogP contribution in [0.15, 0.2) is 66.2 Å². The topological polar surface area (TPSA) is 54.5 Å². The first kappa shape index (κ1) is 22.6. The number of amides is 1. The van der Waals surface area contributed by atoms with Gasteiger partial charge in [-0.15, -0.1) is 13.2 Å². The largest absolute Gasteiger partial charge is 0.574 e. The normalized spacial score (nSPS) is 19.9. The second-order valence-corrected chi connectivity index (χ2v) is 7.46. The summed E-state index contributed by atoms with van der Waals surface area (Å²) < 4.78 is 54.0. The van der Waals surface area contributed by atoms with Gasteiger partial charge in [-0.2, -0.15) is 0 Å². The van der Waals surface area contributed by atoms with E-state index in [9.17, 15) is 22.4 Å². The number of aromatic nitrogens is 1. The number of carbonyl (C=O) groups excluding carboxylic acids is 1. The number of halogens is 4. The van der Waals surface area contributed by atoms with Crippen LogP contribution < -0.4 is 10.1 Å². The molecular formula is C22H23F4N3O2. The van der Waals surface area contributed by atoms with E-state index < -0.39 is 24.0 Å². The number of hydrogen-bond donors (Lipinski definition) is 1. The van der Waals surface area contributed by atoms with Crippen LogP contribution >= 0.6 is 0 Å². The van der Waals surface area contributed by atoms with E-state index in [0.717, 1.165) is 17.2 Å². The van der Waals surface area contributed by atoms with Crippen LogP contribution in [0.2, 0.25) is 0 Å². The van der Waals surface area contributed by atoms with Crippen molar-refractivity contribution in [2.24, 2.45) is 5.92 Å². The Morgan fingerprint density at radius 1 is 1.29 bits per heavy atom. The third-order valence-electron chi connectivity index (χ3n) is 5.20. The lowest BCUT2D eigenvalue weighted by atomic mass is 9.84. The average molecular weight is 437 g/mol. The molecule has 1 amide bonds. The second-order valence-electron chi connectivity index (χ2n) is 7.46. The summed E-state index contributed by atoms with van der Waals surface area (Å²) in [6.45, 7) is 5.87. The van der Waals surface area contributed by atoms with Gasteiger partial charge in [0.1, 0.15) is 0 Å². The molecule has 2 heterocycles. The molecule has 1 aliphatic heterocycles. The summed E-state index contributed by atoms with van der Waals surface area (Å²) in [6.07, 6.45) is 5.77. The van der Waals surface area contributed by atoms with Gasteiger partial charge in [0.2, 0.25) is 5.88 Å². The molecule has 9 heteroatoms. The van der Waals surface area contributed by atoms with Crippen LogP contribution in [0.5, 0.6) is 5.88 Å². The highest BCUT2D eigenvalue weighted by atomic mass is 19.4. The zero-order valence-corrected chi connectivity index (χ0v) is 17.0. The van der Waals surface area contributed by atoms with Crippen molar-refractivity contribution in [1.82, 2.24) is 9.88 Å². The van der Waals surface area contributed by atoms with E-state index in [0.29, 0.717) is 31.6 Å². The summed E-state index contributed by atoms with van der Waals surface area (Å²) in [4.78, 5) is 17.0. The number of nitrogens with one attached hydrogen (secondary N) is 1. The third kappa shape index (κ3) is 6.19. The molecule has 0 radical (unpaired) electrons. The van der Waals surface area contributed by atoms with Crippen molar-refractivity contribution < 1.29 is 27.1 Å². The Morgan fingerprint density at radius 3 is 2.58 bits per heavy atom. The van der Waals surface area contributed by atoms with E-state index >= 15 is 0 Å². The minimum atomic E-state index is -4.80. The predicted octanol–water partition coefficient (Wildman–Crippen LogP) is 4.93. The van der Waals surface area contributed by atoms with Gasteiger partial charge in [0.05, 0.1) is 17.9 Å². The quantitative estimate of drug-likeness (QED) is 0.525. The predicted molar refractivity (Wildman–Crippen MR) is 109 cm³/mol. The van der Waals surface area contributed by atoms with E-state index in [4.69, 9.17) is 0 Å². The molecule has 2 aliphatic rings. The monoisotopic (exact) mass is 437 g/mol. The third-order valence-corrected chi connectivity index (χ3v) is 5.20. The van der Waals surface area contributed by atoms with Gasteiger partial charge in [0, 0.05) is 19.2 Å². The molecule has 1 unspecified atom stereocenters. The summed E-state index contributed by atoms with van der Waals surface area (Å²) in [5.41, 5.74) is 2.64. The Labute approximate surface area is 177 Å². The molecule has 0 saturated carbocycles. The van der Waals surface area contributed by atoms with Gasteiger partial charge in [0.25, 0.3) is 5.91 Å². The van der Waals surface area contributed by atoms with E-state index in [1.165, 1.54) is 17.2 Å². The first-order valence-electron chi connectivity index (χ1n) is 9.81. The number of hydrogen-bond acceptors (Lipinski definition) is 4. The average Bonchev–Trinajstić information content (AvgIpc) is 2.88. The van der Waals surface area contributed by atoms with E-state index in [1.807, 2.05) is 31.2 Å². The van der Waals surface area contributed by atoms with E-state index in [-0.39, 0.29) is 12.0 Å². The molecule has 0 spiro atoms. The summed E-state index contributed by atoms with van der Waals surface area (Å²) >= 11 is 0. The highest BCUT2D eigenvalue weighted by Crippen LogP contribution is 2.31. The molecular weight excluding hydrogens is 414 g/mol. The molecule has 1 aliphatic carbocycles. The summed E-state index contributed by atoms with van der Waals surface area (Å²) in [5, 5.41) is 3.30. The van der Waals surface area contributed by atoms with Crippen LogP contribution in [0.4, 0.5) is 23.2 Å². The van der Waals surface area contributed by atoms with Crippen molar-refractivity contribution in [3.8, 4) is 5.88 Å². The fraction of sp³-hybridized carbons (Fsp3) is 0.364. The number of nitrogens with zero attached hydrogens (tertiary/aromatic N) is 2. The first-order valence-corrected chi connectivity index (χ1v) is 9.81. The van der Waals surface area contributed by atoms with Gasteiger partial charge in [-0.1, -0.05) is 36.5 Å². The van der Waals surface area contributed by atoms with Crippen molar-refractivity contribution in [3.05, 3.63) is 66.2 Å². The molecule has 0 aromatic carbocycles. The van der Waals surface area contributed by atoms with E-state index in [2.05, 4.69) is 21.6 Å². The Balaban J connectivity index is 1.72. The fourth-order valence-electron chi connectivity index (χ4n) is 3.76. The summed E-state index contributed by atoms with van der Waals surface area (Å²) in [6, 6.07) is 2.41. The van der Waals surface area contributed by atoms with Crippen LogP contribution in [0.1, 0.15) is 19.8 Å². The number of anilines is 1. The molecule has 1 aromatic rings. The molecule has 1 saturated heterocycles. The van der Waals surface area contributed by atoms with Gasteiger partial charge in [-0.05, 0) is 37.3 Å². The number of likely N-dealkylation sites (tertiary alicyclic amines) is 1. The van der Waals surface area contributed by atoms with Crippen molar-refractivity contribution in [1.29, 1.82) is 0 Å². The number of ether oxygens (including phenoxy) is 1. The molecule has 31 heavy (non-hydrogen) atoms. The Bertz CT molecular complexity index is 912. The molecule has 5 nitrogen and oxygen atoms in total. The van der Waals surface area contributed by atoms with Gasteiger partial charge >= 0.3 is 6.36 Å². The lowest BCUT2D eigenvalue weighted by molar-refractivity contribution is -0.276. The molecule has 1 atom stereocenters. The van der Waals surface area contributed by atoms with Gasteiger partial charge in [-0.25, -0.2) is 9.37 Å². The molecule has 1 aromatic heterocycles. The Hall–Kier alpha value is -3.10. The number of allylic oxidation sites excluding steroid dienone is 4. The zero-order chi connectivity index (χ0) is 22.6. The standard InChI is InChI=1S/C22H23F4N3O2/c1-14-4-3-5-18(16-8-10-29(11-9-16)21(30)15(2)23)19(12-14)28-17-6-7-20(27-13-17)31-22(24,25)26/h3-7,12-13,16,19,28H,2,8-11H2,1H3. The SMILES string of the molecule is C=C(F)C(=O)N1CCC(C2=CC=CC(C)=CC2Nc2ccc(OC(F)(F)F)nc2)CC1. The van der Waals surface area contributed by atoms with Crippen LogP contribution in [0.3, 0.4) is 0 Å². The highest BCUT2D eigenvalue weighted by molar-refractivity contribution is 5.90. The van der Waals surface area contributed by atoms with Crippen molar-refractivity contribution in [2.45, 2.75) is 32.2 Å². The van der Waals surface area contributed by atoms with Crippen molar-refractivity contribution in [3.63, 3.8) is 0 Å². The number of piperidine rings is 1. The minimum Gasteiger partial charge on any atom is -0.388 e. The lowest BCUT2D eigenvalue weighted by Crippen LogP contribution is -2.40. The van der Waals surface area contributed by atoms with Crippen molar-refractivity contribution in [2.75, 3.05) is 18.4 Å². The number of carbonyl (C=O) groups is 1. The number of alkyl halides is 3. The maximum absolute atomic E-state index is 13.2. The van der Waals surface area contributed by atoms with Gasteiger partial charge in [-0.3, -0.25) is 4.79 Å². The lowest BCUT2D eigenvalue weighted by Gasteiger charge is -2.35. The number of pyridine rings is 1. The van der Waals surface area contributed by atoms with Gasteiger partial charge in [0.15, 0.2) is 5.83 Å². The van der Waals surface area contributed by atoms with Crippen LogP contribution in [0, 0.1) is 5.92 Å². The maximum Gasteiger partial charge on any atom is 0.574 e. The number of rotatable bonds is 5. The summed E-state index contributed by atoms with van der Waals surface area (Å²) in [7, 11) is 0. The molecule has 1 fully saturated rings. The minimum absolute atomic E-state index is 0.155. The fourth-order valence-corrected chi connectivity index (χ4v) is 3.76. The summed E-state index contributed by atoms with van der Waals surface area (Å²) in [5.74, 6) is -2.01. The Kier molecular flexibility index (Phi) is 6.82. The van der Waals surface area contributed by atoms with Crippen LogP contribution in [0.25, 0.3) is 0 Å². The molecule has 166 valence electrons. The van der Waals surface area contributed by atoms with Crippen molar-refractivity contribution >= 4 is 11.6 Å². The maximum atomic E-state index is 13.2. The highest BCUT2D eigenvalue weighted by Gasteiger charge is 2.32. The van der Waals surface area contributed by atoms with Crippen LogP contribution in [-0.2, 0) is 4.79 Å². The first-order chi connectivity index (χ1) is 14.6. The zero-order valence-electron chi connectivity index (χ0n) is 17.0.